The summed E-state index contributed by atoms with van der Waals surface area (Å²) in [6.45, 7) is 0. The zero-order valence-corrected chi connectivity index (χ0v) is 10.8. The van der Waals surface area contributed by atoms with Crippen molar-refractivity contribution in [2.45, 2.75) is 0 Å². The number of anilines is 2. The van der Waals surface area contributed by atoms with Gasteiger partial charge in [0.25, 0.3) is 0 Å². The van der Waals surface area contributed by atoms with Crippen LogP contribution < -0.4 is 4.90 Å². The molecule has 0 spiro atoms. The fraction of sp³-hybridized carbons (Fsp3) is 0.0909. The van der Waals surface area contributed by atoms with Crippen molar-refractivity contribution < 1.29 is 0 Å². The van der Waals surface area contributed by atoms with E-state index in [-0.39, 0.29) is 10.4 Å². The number of rotatable bonds is 2. The normalized spacial score (nSPS) is 9.89. The highest BCUT2D eigenvalue weighted by atomic mass is 35.5. The molecule has 1 aromatic heterocycles. The molecule has 0 saturated heterocycles. The van der Waals surface area contributed by atoms with Gasteiger partial charge in [0, 0.05) is 12.7 Å². The lowest BCUT2D eigenvalue weighted by Gasteiger charge is -2.18. The van der Waals surface area contributed by atoms with Crippen LogP contribution >= 0.6 is 23.2 Å². The maximum Gasteiger partial charge on any atom is 0.245 e. The molecule has 0 aliphatic carbocycles. The number of aromatic nitrogens is 3. The largest absolute Gasteiger partial charge is 0.327 e. The SMILES string of the molecule is CN(c1cccc(C#N)c1)c1nc(Cl)nnc1Cl. The van der Waals surface area contributed by atoms with Gasteiger partial charge in [0.1, 0.15) is 0 Å². The molecule has 2 aromatic rings. The van der Waals surface area contributed by atoms with E-state index in [0.29, 0.717) is 11.4 Å². The minimum Gasteiger partial charge on any atom is -0.327 e. The van der Waals surface area contributed by atoms with Crippen LogP contribution in [0.3, 0.4) is 0 Å². The summed E-state index contributed by atoms with van der Waals surface area (Å²) >= 11 is 11.6. The maximum atomic E-state index is 8.86. The van der Waals surface area contributed by atoms with Gasteiger partial charge in [-0.2, -0.15) is 10.2 Å². The Labute approximate surface area is 114 Å². The first-order valence-electron chi connectivity index (χ1n) is 4.91. The van der Waals surface area contributed by atoms with E-state index >= 15 is 0 Å². The number of benzene rings is 1. The van der Waals surface area contributed by atoms with Crippen LogP contribution in [0.5, 0.6) is 0 Å². The quantitative estimate of drug-likeness (QED) is 0.846. The number of nitriles is 1. The van der Waals surface area contributed by atoms with Gasteiger partial charge in [-0.25, -0.2) is 0 Å². The van der Waals surface area contributed by atoms with Crippen molar-refractivity contribution in [2.75, 3.05) is 11.9 Å². The molecule has 5 nitrogen and oxygen atoms in total. The van der Waals surface area contributed by atoms with Crippen LogP contribution in [-0.2, 0) is 0 Å². The van der Waals surface area contributed by atoms with Gasteiger partial charge in [0.05, 0.1) is 11.6 Å². The van der Waals surface area contributed by atoms with Gasteiger partial charge < -0.3 is 4.90 Å². The second kappa shape index (κ2) is 5.17. The minimum atomic E-state index is 0.0117. The summed E-state index contributed by atoms with van der Waals surface area (Å²) in [5.41, 5.74) is 1.30. The molecule has 0 aliphatic rings. The third-order valence-corrected chi connectivity index (χ3v) is 2.69. The Bertz CT molecular complexity index is 623. The third kappa shape index (κ3) is 2.50. The van der Waals surface area contributed by atoms with Crippen LogP contribution in [0.15, 0.2) is 24.3 Å². The molecule has 0 atom stereocenters. The van der Waals surface area contributed by atoms with Crippen molar-refractivity contribution in [1.29, 1.82) is 5.26 Å². The predicted octanol–water partition coefficient (Wildman–Crippen LogP) is 2.82. The highest BCUT2D eigenvalue weighted by Crippen LogP contribution is 2.27. The number of nitrogens with zero attached hydrogens (tertiary/aromatic N) is 5. The molecule has 90 valence electrons. The molecule has 0 radical (unpaired) electrons. The van der Waals surface area contributed by atoms with Crippen molar-refractivity contribution in [3.05, 3.63) is 40.3 Å². The molecule has 18 heavy (non-hydrogen) atoms. The first-order valence-corrected chi connectivity index (χ1v) is 5.67. The Balaban J connectivity index is 2.44. The Kier molecular flexibility index (Phi) is 3.60. The van der Waals surface area contributed by atoms with Crippen molar-refractivity contribution in [1.82, 2.24) is 15.2 Å². The number of hydrogen-bond donors (Lipinski definition) is 0. The Morgan fingerprint density at radius 1 is 1.28 bits per heavy atom. The fourth-order valence-corrected chi connectivity index (χ4v) is 1.73. The molecular formula is C11H7Cl2N5. The molecule has 0 unspecified atom stereocenters. The first-order chi connectivity index (χ1) is 8.61. The van der Waals surface area contributed by atoms with Crippen LogP contribution in [0, 0.1) is 11.3 Å². The van der Waals surface area contributed by atoms with Gasteiger partial charge in [-0.15, -0.1) is 10.2 Å². The average molecular weight is 280 g/mol. The van der Waals surface area contributed by atoms with E-state index < -0.39 is 0 Å². The molecule has 0 saturated carbocycles. The van der Waals surface area contributed by atoms with E-state index in [1.807, 2.05) is 6.07 Å². The van der Waals surface area contributed by atoms with Crippen molar-refractivity contribution in [3.63, 3.8) is 0 Å². The van der Waals surface area contributed by atoms with Crippen molar-refractivity contribution in [3.8, 4) is 6.07 Å². The van der Waals surface area contributed by atoms with Gasteiger partial charge in [-0.1, -0.05) is 17.7 Å². The Morgan fingerprint density at radius 3 is 2.78 bits per heavy atom. The van der Waals surface area contributed by atoms with Gasteiger partial charge >= 0.3 is 0 Å². The second-order valence-electron chi connectivity index (χ2n) is 3.42. The van der Waals surface area contributed by atoms with Crippen LogP contribution in [0.1, 0.15) is 5.56 Å². The van der Waals surface area contributed by atoms with E-state index in [1.54, 1.807) is 30.1 Å². The van der Waals surface area contributed by atoms with Crippen molar-refractivity contribution >= 4 is 34.7 Å². The monoisotopic (exact) mass is 279 g/mol. The maximum absolute atomic E-state index is 8.86. The summed E-state index contributed by atoms with van der Waals surface area (Å²) in [6.07, 6.45) is 0. The summed E-state index contributed by atoms with van der Waals surface area (Å²) in [7, 11) is 1.75. The lowest BCUT2D eigenvalue weighted by Crippen LogP contribution is -2.13. The van der Waals surface area contributed by atoms with E-state index in [4.69, 9.17) is 28.5 Å². The topological polar surface area (TPSA) is 65.7 Å². The van der Waals surface area contributed by atoms with Crippen LogP contribution in [0.2, 0.25) is 10.4 Å². The van der Waals surface area contributed by atoms with E-state index in [9.17, 15) is 0 Å². The van der Waals surface area contributed by atoms with Crippen LogP contribution in [0.25, 0.3) is 0 Å². The summed E-state index contributed by atoms with van der Waals surface area (Å²) in [5, 5.41) is 16.2. The van der Waals surface area contributed by atoms with Crippen LogP contribution in [-0.4, -0.2) is 22.2 Å². The molecule has 0 bridgehead atoms. The summed E-state index contributed by atoms with van der Waals surface area (Å²) in [4.78, 5) is 5.69. The number of hydrogen-bond acceptors (Lipinski definition) is 5. The van der Waals surface area contributed by atoms with Gasteiger partial charge in [0.15, 0.2) is 11.0 Å². The van der Waals surface area contributed by atoms with E-state index in [2.05, 4.69) is 21.3 Å². The lowest BCUT2D eigenvalue weighted by atomic mass is 10.2. The smallest absolute Gasteiger partial charge is 0.245 e. The lowest BCUT2D eigenvalue weighted by molar-refractivity contribution is 0.949. The Morgan fingerprint density at radius 2 is 2.06 bits per heavy atom. The zero-order valence-electron chi connectivity index (χ0n) is 9.30. The highest BCUT2D eigenvalue weighted by Gasteiger charge is 2.13. The fourth-order valence-electron chi connectivity index (χ4n) is 1.41. The second-order valence-corrected chi connectivity index (χ2v) is 4.11. The van der Waals surface area contributed by atoms with E-state index in [1.165, 1.54) is 0 Å². The third-order valence-electron chi connectivity index (χ3n) is 2.28. The zero-order chi connectivity index (χ0) is 13.1. The molecule has 1 heterocycles. The molecule has 0 amide bonds. The van der Waals surface area contributed by atoms with Crippen molar-refractivity contribution in [2.24, 2.45) is 0 Å². The van der Waals surface area contributed by atoms with E-state index in [0.717, 1.165) is 5.69 Å². The first kappa shape index (κ1) is 12.6. The number of halogens is 2. The molecule has 0 aliphatic heterocycles. The predicted molar refractivity (Wildman–Crippen MR) is 69.1 cm³/mol. The standard InChI is InChI=1S/C11H7Cl2N5/c1-18(8-4-2-3-7(5-8)6-14)10-9(12)16-17-11(13)15-10/h2-5H,1H3. The highest BCUT2D eigenvalue weighted by molar-refractivity contribution is 6.32. The van der Waals surface area contributed by atoms with Gasteiger partial charge in [-0.05, 0) is 29.8 Å². The molecular weight excluding hydrogens is 273 g/mol. The summed E-state index contributed by atoms with van der Waals surface area (Å²) < 4.78 is 0. The molecule has 0 fully saturated rings. The molecule has 1 aromatic carbocycles. The molecule has 0 N–H and O–H groups in total. The summed E-state index contributed by atoms with van der Waals surface area (Å²) in [6, 6.07) is 9.09. The molecule has 7 heteroatoms. The summed E-state index contributed by atoms with van der Waals surface area (Å²) in [5.74, 6) is 0.381. The van der Waals surface area contributed by atoms with Gasteiger partial charge in [0.2, 0.25) is 5.28 Å². The van der Waals surface area contributed by atoms with Gasteiger partial charge in [-0.3, -0.25) is 0 Å². The Hall–Kier alpha value is -1.90. The molecule has 2 rings (SSSR count). The average Bonchev–Trinajstić information content (AvgIpc) is 2.41. The van der Waals surface area contributed by atoms with Crippen LogP contribution in [0.4, 0.5) is 11.5 Å². The minimum absolute atomic E-state index is 0.0117.